The molecular formula is C22H19F2NO3. The van der Waals surface area contributed by atoms with Gasteiger partial charge in [-0.1, -0.05) is 42.5 Å². The predicted octanol–water partition coefficient (Wildman–Crippen LogP) is 4.82. The largest absolute Gasteiger partial charge is 0.497 e. The van der Waals surface area contributed by atoms with Crippen LogP contribution >= 0.6 is 0 Å². The van der Waals surface area contributed by atoms with Crippen LogP contribution in [0.5, 0.6) is 11.5 Å². The van der Waals surface area contributed by atoms with Crippen LogP contribution in [-0.2, 0) is 0 Å². The minimum Gasteiger partial charge on any atom is -0.497 e. The average Bonchev–Trinajstić information content (AvgIpc) is 2.73. The van der Waals surface area contributed by atoms with Gasteiger partial charge in [0, 0.05) is 5.56 Å². The summed E-state index contributed by atoms with van der Waals surface area (Å²) >= 11 is 0. The van der Waals surface area contributed by atoms with Crippen molar-refractivity contribution in [1.29, 1.82) is 0 Å². The van der Waals surface area contributed by atoms with E-state index in [2.05, 4.69) is 10.1 Å². The molecule has 0 aromatic heterocycles. The van der Waals surface area contributed by atoms with Gasteiger partial charge in [0.05, 0.1) is 13.2 Å². The highest BCUT2D eigenvalue weighted by Gasteiger charge is 2.18. The number of methoxy groups -OCH3 is 1. The molecule has 0 heterocycles. The molecule has 3 aromatic carbocycles. The average molecular weight is 383 g/mol. The summed E-state index contributed by atoms with van der Waals surface area (Å²) in [6, 6.07) is 22.2. The van der Waals surface area contributed by atoms with E-state index in [1.807, 2.05) is 54.6 Å². The van der Waals surface area contributed by atoms with E-state index in [9.17, 15) is 13.6 Å². The molecule has 1 atom stereocenters. The van der Waals surface area contributed by atoms with Gasteiger partial charge in [0.1, 0.15) is 11.5 Å². The van der Waals surface area contributed by atoms with Gasteiger partial charge in [-0.3, -0.25) is 4.79 Å². The molecule has 4 nitrogen and oxygen atoms in total. The van der Waals surface area contributed by atoms with E-state index in [0.29, 0.717) is 5.56 Å². The fourth-order valence-corrected chi connectivity index (χ4v) is 2.80. The number of benzene rings is 3. The minimum atomic E-state index is -2.91. The number of alkyl halides is 2. The molecular weight excluding hydrogens is 364 g/mol. The highest BCUT2D eigenvalue weighted by molar-refractivity contribution is 5.94. The molecule has 3 rings (SSSR count). The number of nitrogens with one attached hydrogen (secondary N) is 1. The SMILES string of the molecule is COc1ccc(C(NC(=O)c2ccc(OC(F)F)cc2)c2ccccc2)cc1. The van der Waals surface area contributed by atoms with Crippen LogP contribution in [0.4, 0.5) is 8.78 Å². The molecule has 1 amide bonds. The molecule has 0 aliphatic heterocycles. The fraction of sp³-hybridized carbons (Fsp3) is 0.136. The van der Waals surface area contributed by atoms with Gasteiger partial charge in [0.2, 0.25) is 0 Å². The molecule has 3 aromatic rings. The van der Waals surface area contributed by atoms with Crippen LogP contribution in [0.25, 0.3) is 0 Å². The molecule has 28 heavy (non-hydrogen) atoms. The summed E-state index contributed by atoms with van der Waals surface area (Å²) < 4.78 is 34.0. The third-order valence-corrected chi connectivity index (χ3v) is 4.20. The second kappa shape index (κ2) is 8.99. The third-order valence-electron chi connectivity index (χ3n) is 4.20. The molecule has 0 aliphatic carbocycles. The fourth-order valence-electron chi connectivity index (χ4n) is 2.80. The second-order valence-electron chi connectivity index (χ2n) is 5.99. The first kappa shape index (κ1) is 19.4. The first-order valence-corrected chi connectivity index (χ1v) is 8.61. The highest BCUT2D eigenvalue weighted by Crippen LogP contribution is 2.25. The van der Waals surface area contributed by atoms with Crippen molar-refractivity contribution in [2.75, 3.05) is 7.11 Å². The summed E-state index contributed by atoms with van der Waals surface area (Å²) in [6.45, 7) is -2.91. The molecule has 0 fully saturated rings. The number of hydrogen-bond donors (Lipinski definition) is 1. The Kier molecular flexibility index (Phi) is 6.22. The van der Waals surface area contributed by atoms with Gasteiger partial charge < -0.3 is 14.8 Å². The molecule has 144 valence electrons. The second-order valence-corrected chi connectivity index (χ2v) is 5.99. The molecule has 1 N–H and O–H groups in total. The van der Waals surface area contributed by atoms with Crippen molar-refractivity contribution in [3.8, 4) is 11.5 Å². The van der Waals surface area contributed by atoms with Gasteiger partial charge in [-0.15, -0.1) is 0 Å². The summed E-state index contributed by atoms with van der Waals surface area (Å²) in [5, 5.41) is 2.99. The Labute approximate surface area is 161 Å². The Hall–Kier alpha value is -3.41. The number of rotatable bonds is 7. The van der Waals surface area contributed by atoms with Crippen molar-refractivity contribution >= 4 is 5.91 Å². The standard InChI is InChI=1S/C22H19F2NO3/c1-27-18-11-7-16(8-12-18)20(15-5-3-2-4-6-15)25-21(26)17-9-13-19(14-10-17)28-22(23)24/h2-14,20,22H,1H3,(H,25,26). The lowest BCUT2D eigenvalue weighted by Crippen LogP contribution is -2.29. The molecule has 0 saturated carbocycles. The topological polar surface area (TPSA) is 47.6 Å². The maximum atomic E-state index is 12.7. The van der Waals surface area contributed by atoms with Crippen molar-refractivity contribution < 1.29 is 23.0 Å². The zero-order valence-electron chi connectivity index (χ0n) is 15.1. The molecule has 0 saturated heterocycles. The predicted molar refractivity (Wildman–Crippen MR) is 102 cm³/mol. The van der Waals surface area contributed by atoms with E-state index in [4.69, 9.17) is 4.74 Å². The Balaban J connectivity index is 1.83. The highest BCUT2D eigenvalue weighted by atomic mass is 19.3. The third kappa shape index (κ3) is 4.85. The number of carbonyl (C=O) groups is 1. The Morgan fingerprint density at radius 2 is 1.39 bits per heavy atom. The summed E-state index contributed by atoms with van der Waals surface area (Å²) in [4.78, 5) is 12.7. The van der Waals surface area contributed by atoms with Gasteiger partial charge in [0.15, 0.2) is 0 Å². The van der Waals surface area contributed by atoms with Crippen LogP contribution in [-0.4, -0.2) is 19.6 Å². The van der Waals surface area contributed by atoms with Crippen molar-refractivity contribution in [2.24, 2.45) is 0 Å². The Morgan fingerprint density at radius 1 is 0.821 bits per heavy atom. The van der Waals surface area contributed by atoms with Crippen molar-refractivity contribution in [3.05, 3.63) is 95.6 Å². The van der Waals surface area contributed by atoms with Crippen molar-refractivity contribution in [2.45, 2.75) is 12.7 Å². The van der Waals surface area contributed by atoms with Crippen molar-refractivity contribution in [1.82, 2.24) is 5.32 Å². The van der Waals surface area contributed by atoms with Gasteiger partial charge in [0.25, 0.3) is 5.91 Å². The minimum absolute atomic E-state index is 0.00122. The number of hydrogen-bond acceptors (Lipinski definition) is 3. The zero-order chi connectivity index (χ0) is 19.9. The number of amides is 1. The van der Waals surface area contributed by atoms with Crippen LogP contribution in [0.1, 0.15) is 27.5 Å². The summed E-state index contributed by atoms with van der Waals surface area (Å²) in [7, 11) is 1.59. The van der Waals surface area contributed by atoms with E-state index in [-0.39, 0.29) is 17.7 Å². The smallest absolute Gasteiger partial charge is 0.387 e. The Bertz CT molecular complexity index is 897. The maximum absolute atomic E-state index is 12.7. The lowest BCUT2D eigenvalue weighted by Gasteiger charge is -2.20. The molecule has 6 heteroatoms. The normalized spacial score (nSPS) is 11.7. The lowest BCUT2D eigenvalue weighted by atomic mass is 9.98. The number of ether oxygens (including phenoxy) is 2. The van der Waals surface area contributed by atoms with Crippen LogP contribution in [0.3, 0.4) is 0 Å². The summed E-state index contributed by atoms with van der Waals surface area (Å²) in [5.74, 6) is 0.395. The van der Waals surface area contributed by atoms with Gasteiger partial charge >= 0.3 is 6.61 Å². The molecule has 0 aliphatic rings. The molecule has 0 bridgehead atoms. The maximum Gasteiger partial charge on any atom is 0.387 e. The number of carbonyl (C=O) groups excluding carboxylic acids is 1. The van der Waals surface area contributed by atoms with Gasteiger partial charge in [-0.2, -0.15) is 8.78 Å². The molecule has 1 unspecified atom stereocenters. The quantitative estimate of drug-likeness (QED) is 0.637. The van der Waals surface area contributed by atoms with E-state index < -0.39 is 6.61 Å². The molecule has 0 radical (unpaired) electrons. The first-order valence-electron chi connectivity index (χ1n) is 8.61. The summed E-state index contributed by atoms with van der Waals surface area (Å²) in [6.07, 6.45) is 0. The number of halogens is 2. The monoisotopic (exact) mass is 383 g/mol. The Morgan fingerprint density at radius 3 is 1.96 bits per heavy atom. The van der Waals surface area contributed by atoms with Crippen LogP contribution < -0.4 is 14.8 Å². The van der Waals surface area contributed by atoms with E-state index in [1.165, 1.54) is 24.3 Å². The van der Waals surface area contributed by atoms with Crippen LogP contribution in [0.2, 0.25) is 0 Å². The van der Waals surface area contributed by atoms with Gasteiger partial charge in [-0.25, -0.2) is 0 Å². The van der Waals surface area contributed by atoms with E-state index in [1.54, 1.807) is 7.11 Å². The zero-order valence-corrected chi connectivity index (χ0v) is 15.1. The molecule has 0 spiro atoms. The van der Waals surface area contributed by atoms with Crippen LogP contribution in [0, 0.1) is 0 Å². The summed E-state index contributed by atoms with van der Waals surface area (Å²) in [5.41, 5.74) is 2.15. The van der Waals surface area contributed by atoms with E-state index in [0.717, 1.165) is 16.9 Å². The van der Waals surface area contributed by atoms with E-state index >= 15 is 0 Å². The van der Waals surface area contributed by atoms with Crippen LogP contribution in [0.15, 0.2) is 78.9 Å². The van der Waals surface area contributed by atoms with Crippen molar-refractivity contribution in [3.63, 3.8) is 0 Å². The van der Waals surface area contributed by atoms with Gasteiger partial charge in [-0.05, 0) is 47.5 Å². The first-order chi connectivity index (χ1) is 13.6. The lowest BCUT2D eigenvalue weighted by molar-refractivity contribution is -0.0498.